The second-order valence-corrected chi connectivity index (χ2v) is 11.6. The second-order valence-electron chi connectivity index (χ2n) is 11.6. The number of carbonyl (C=O) groups is 3. The Balaban J connectivity index is 1.07. The van der Waals surface area contributed by atoms with Crippen LogP contribution in [0.5, 0.6) is 5.88 Å². The molecule has 2 heterocycles. The van der Waals surface area contributed by atoms with Crippen LogP contribution in [0.3, 0.4) is 0 Å². The summed E-state index contributed by atoms with van der Waals surface area (Å²) in [5, 5.41) is 3.04. The molecule has 0 aromatic carbocycles. The molecule has 5 aliphatic carbocycles. The van der Waals surface area contributed by atoms with E-state index in [1.165, 1.54) is 43.4 Å². The highest BCUT2D eigenvalue weighted by Crippen LogP contribution is 2.61. The lowest BCUT2D eigenvalue weighted by Crippen LogP contribution is -2.49. The predicted octanol–water partition coefficient (Wildman–Crippen LogP) is 3.40. The van der Waals surface area contributed by atoms with Gasteiger partial charge in [0.05, 0.1) is 0 Å². The molecule has 4 bridgehead atoms. The van der Waals surface area contributed by atoms with Crippen molar-refractivity contribution in [2.24, 2.45) is 28.9 Å². The number of amides is 4. The fourth-order valence-electron chi connectivity index (χ4n) is 8.26. The first-order valence-electron chi connectivity index (χ1n) is 12.9. The van der Waals surface area contributed by atoms with Crippen LogP contribution in [-0.4, -0.2) is 45.9 Å². The Labute approximate surface area is 200 Å². The van der Waals surface area contributed by atoms with Crippen molar-refractivity contribution in [1.29, 1.82) is 0 Å². The predicted molar refractivity (Wildman–Crippen MR) is 124 cm³/mol. The van der Waals surface area contributed by atoms with Gasteiger partial charge < -0.3 is 15.8 Å². The molecule has 7 rings (SSSR count). The van der Waals surface area contributed by atoms with Crippen LogP contribution in [0.4, 0.5) is 4.79 Å². The van der Waals surface area contributed by atoms with Crippen LogP contribution in [0.15, 0.2) is 18.3 Å². The van der Waals surface area contributed by atoms with E-state index >= 15 is 0 Å². The van der Waals surface area contributed by atoms with Crippen molar-refractivity contribution in [1.82, 2.24) is 15.2 Å². The summed E-state index contributed by atoms with van der Waals surface area (Å²) in [6.45, 7) is 0. The van der Waals surface area contributed by atoms with Gasteiger partial charge in [-0.1, -0.05) is 0 Å². The molecule has 8 nitrogen and oxygen atoms in total. The average Bonchev–Trinajstić information content (AvgIpc) is 3.06. The standard InChI is InChI=1S/C26H34N4O4/c27-22(31)20-2-1-7-28-23(20)34-19-5-3-18(4-6-19)30-24(32)21(29-25(30)33)14-26-11-15-8-16(12-26)10-17(9-15)13-26/h1-2,7,15-19,21H,3-6,8-14H2,(H2,27,31)(H,29,33)/t15?,16?,17?,18-,19-,21?,26?. The number of primary amides is 1. The molecule has 5 saturated carbocycles. The number of hydrogen-bond acceptors (Lipinski definition) is 5. The van der Waals surface area contributed by atoms with Gasteiger partial charge in [-0.2, -0.15) is 0 Å². The van der Waals surface area contributed by atoms with Gasteiger partial charge in [0.2, 0.25) is 5.88 Å². The Morgan fingerprint density at radius 1 is 1.09 bits per heavy atom. The smallest absolute Gasteiger partial charge is 0.325 e. The largest absolute Gasteiger partial charge is 0.474 e. The summed E-state index contributed by atoms with van der Waals surface area (Å²) in [5.74, 6) is 2.15. The average molecular weight is 467 g/mol. The molecule has 8 heteroatoms. The van der Waals surface area contributed by atoms with E-state index in [4.69, 9.17) is 10.5 Å². The maximum absolute atomic E-state index is 13.4. The number of pyridine rings is 1. The van der Waals surface area contributed by atoms with Gasteiger partial charge in [0.25, 0.3) is 11.8 Å². The third-order valence-corrected chi connectivity index (χ3v) is 9.18. The van der Waals surface area contributed by atoms with Crippen molar-refractivity contribution >= 4 is 17.8 Å². The quantitative estimate of drug-likeness (QED) is 0.624. The molecular formula is C26H34N4O4. The van der Waals surface area contributed by atoms with Crippen LogP contribution in [0, 0.1) is 23.2 Å². The number of rotatable bonds is 6. The minimum Gasteiger partial charge on any atom is -0.474 e. The molecule has 6 fully saturated rings. The number of ether oxygens (including phenoxy) is 1. The monoisotopic (exact) mass is 466 g/mol. The molecule has 0 radical (unpaired) electrons. The zero-order valence-electron chi connectivity index (χ0n) is 19.6. The second kappa shape index (κ2) is 8.24. The molecular weight excluding hydrogens is 432 g/mol. The minimum absolute atomic E-state index is 0.0362. The number of carbonyl (C=O) groups excluding carboxylic acids is 3. The highest BCUT2D eigenvalue weighted by Gasteiger charge is 2.54. The Kier molecular flexibility index (Phi) is 5.30. The number of nitrogens with zero attached hydrogens (tertiary/aromatic N) is 2. The van der Waals surface area contributed by atoms with Gasteiger partial charge in [0, 0.05) is 12.2 Å². The molecule has 182 valence electrons. The van der Waals surface area contributed by atoms with Gasteiger partial charge in [0.1, 0.15) is 17.7 Å². The molecule has 1 aromatic rings. The van der Waals surface area contributed by atoms with Crippen LogP contribution in [-0.2, 0) is 4.79 Å². The summed E-state index contributed by atoms with van der Waals surface area (Å²) >= 11 is 0. The molecule has 1 saturated heterocycles. The fourth-order valence-corrected chi connectivity index (χ4v) is 8.26. The lowest BCUT2D eigenvalue weighted by molar-refractivity contribution is -0.132. The first kappa shape index (κ1) is 21.9. The maximum atomic E-state index is 13.4. The summed E-state index contributed by atoms with van der Waals surface area (Å²) in [4.78, 5) is 43.5. The SMILES string of the molecule is NC(=O)c1cccnc1O[C@H]1CC[C@H](N2C(=O)NC(CC34CC5CC(CC(C5)C3)C4)C2=O)CC1. The topological polar surface area (TPSA) is 115 Å². The van der Waals surface area contributed by atoms with E-state index in [1.807, 2.05) is 0 Å². The molecule has 1 aromatic heterocycles. The van der Waals surface area contributed by atoms with Gasteiger partial charge in [-0.25, -0.2) is 9.78 Å². The number of urea groups is 1. The Morgan fingerprint density at radius 3 is 2.35 bits per heavy atom. The Hall–Kier alpha value is -2.64. The first-order chi connectivity index (χ1) is 16.4. The summed E-state index contributed by atoms with van der Waals surface area (Å²) in [5.41, 5.74) is 5.95. The van der Waals surface area contributed by atoms with Crippen LogP contribution < -0.4 is 15.8 Å². The number of hydrogen-bond donors (Lipinski definition) is 2. The van der Waals surface area contributed by atoms with E-state index in [9.17, 15) is 14.4 Å². The van der Waals surface area contributed by atoms with E-state index in [-0.39, 0.29) is 47.0 Å². The van der Waals surface area contributed by atoms with Crippen molar-refractivity contribution in [3.63, 3.8) is 0 Å². The van der Waals surface area contributed by atoms with Crippen LogP contribution in [0.25, 0.3) is 0 Å². The number of nitrogens with one attached hydrogen (secondary N) is 1. The van der Waals surface area contributed by atoms with Crippen LogP contribution in [0.1, 0.15) is 81.0 Å². The third-order valence-electron chi connectivity index (χ3n) is 9.18. The molecule has 1 unspecified atom stereocenters. The molecule has 3 N–H and O–H groups in total. The number of imide groups is 1. The first-order valence-corrected chi connectivity index (χ1v) is 12.9. The number of nitrogens with two attached hydrogens (primary N) is 1. The number of aromatic nitrogens is 1. The summed E-state index contributed by atoms with van der Waals surface area (Å²) < 4.78 is 5.98. The van der Waals surface area contributed by atoms with Crippen LogP contribution in [0.2, 0.25) is 0 Å². The molecule has 1 aliphatic heterocycles. The van der Waals surface area contributed by atoms with Gasteiger partial charge in [0.15, 0.2) is 0 Å². The third kappa shape index (κ3) is 3.85. The van der Waals surface area contributed by atoms with E-state index in [0.717, 1.165) is 24.2 Å². The Morgan fingerprint density at radius 2 is 1.74 bits per heavy atom. The summed E-state index contributed by atoms with van der Waals surface area (Å²) in [6, 6.07) is 2.55. The Bertz CT molecular complexity index is 967. The van der Waals surface area contributed by atoms with E-state index in [2.05, 4.69) is 10.3 Å². The van der Waals surface area contributed by atoms with Crippen molar-refractivity contribution in [2.75, 3.05) is 0 Å². The van der Waals surface area contributed by atoms with E-state index in [0.29, 0.717) is 25.7 Å². The molecule has 4 amide bonds. The summed E-state index contributed by atoms with van der Waals surface area (Å²) in [6.07, 6.45) is 12.9. The van der Waals surface area contributed by atoms with E-state index < -0.39 is 5.91 Å². The molecule has 0 spiro atoms. The molecule has 34 heavy (non-hydrogen) atoms. The molecule has 1 atom stereocenters. The highest BCUT2D eigenvalue weighted by atomic mass is 16.5. The zero-order valence-corrected chi connectivity index (χ0v) is 19.6. The van der Waals surface area contributed by atoms with Gasteiger partial charge in [-0.05, 0) is 106 Å². The van der Waals surface area contributed by atoms with Crippen LogP contribution >= 0.6 is 0 Å². The van der Waals surface area contributed by atoms with Crippen molar-refractivity contribution in [3.8, 4) is 5.88 Å². The van der Waals surface area contributed by atoms with Crippen molar-refractivity contribution in [3.05, 3.63) is 23.9 Å². The van der Waals surface area contributed by atoms with E-state index in [1.54, 1.807) is 18.3 Å². The highest BCUT2D eigenvalue weighted by molar-refractivity contribution is 6.04. The lowest BCUT2D eigenvalue weighted by Gasteiger charge is -2.57. The van der Waals surface area contributed by atoms with Crippen molar-refractivity contribution < 1.29 is 19.1 Å². The van der Waals surface area contributed by atoms with Gasteiger partial charge in [-0.3, -0.25) is 14.5 Å². The normalized spacial score (nSPS) is 38.8. The zero-order chi connectivity index (χ0) is 23.4. The molecule has 6 aliphatic rings. The van der Waals surface area contributed by atoms with Gasteiger partial charge >= 0.3 is 6.03 Å². The summed E-state index contributed by atoms with van der Waals surface area (Å²) in [7, 11) is 0. The van der Waals surface area contributed by atoms with Gasteiger partial charge in [-0.15, -0.1) is 0 Å². The maximum Gasteiger partial charge on any atom is 0.325 e. The lowest BCUT2D eigenvalue weighted by atomic mass is 9.48. The fraction of sp³-hybridized carbons (Fsp3) is 0.692. The minimum atomic E-state index is -0.568. The van der Waals surface area contributed by atoms with Crippen molar-refractivity contribution in [2.45, 2.75) is 88.8 Å².